The Bertz CT molecular complexity index is 489. The predicted octanol–water partition coefficient (Wildman–Crippen LogP) is 3.88. The standard InChI is InChI=1S/C20H34O3/c1-14(10-13-21)6-7-16-19(4)11-9-17(22)18(2,3)15(19)8-12-20(16,5)23/h10,15-16,21,23H,6-9,11-13H2,1-5H3. The van der Waals surface area contributed by atoms with Gasteiger partial charge in [-0.15, -0.1) is 0 Å². The van der Waals surface area contributed by atoms with E-state index in [9.17, 15) is 9.90 Å². The van der Waals surface area contributed by atoms with Crippen LogP contribution in [0.25, 0.3) is 0 Å². The zero-order chi connectivity index (χ0) is 17.5. The molecule has 0 bridgehead atoms. The van der Waals surface area contributed by atoms with Gasteiger partial charge in [-0.2, -0.15) is 0 Å². The molecule has 2 N–H and O–H groups in total. The van der Waals surface area contributed by atoms with E-state index in [0.29, 0.717) is 18.1 Å². The molecular formula is C20H34O3. The van der Waals surface area contributed by atoms with Crippen molar-refractivity contribution >= 4 is 5.78 Å². The first-order valence-electron chi connectivity index (χ1n) is 9.08. The largest absolute Gasteiger partial charge is 0.392 e. The van der Waals surface area contributed by atoms with Gasteiger partial charge in [-0.3, -0.25) is 4.79 Å². The molecule has 0 amide bonds. The fourth-order valence-electron chi connectivity index (χ4n) is 5.60. The summed E-state index contributed by atoms with van der Waals surface area (Å²) < 4.78 is 0. The molecule has 2 fully saturated rings. The summed E-state index contributed by atoms with van der Waals surface area (Å²) in [5.41, 5.74) is 0.248. The number of allylic oxidation sites excluding steroid dienone is 1. The molecule has 4 atom stereocenters. The molecule has 0 heterocycles. The van der Waals surface area contributed by atoms with Gasteiger partial charge in [0.1, 0.15) is 5.78 Å². The van der Waals surface area contributed by atoms with Gasteiger partial charge in [-0.25, -0.2) is 0 Å². The Morgan fingerprint density at radius 1 is 1.26 bits per heavy atom. The van der Waals surface area contributed by atoms with Crippen LogP contribution in [-0.2, 0) is 4.79 Å². The number of fused-ring (bicyclic) bond motifs is 1. The summed E-state index contributed by atoms with van der Waals surface area (Å²) in [5.74, 6) is 0.934. The smallest absolute Gasteiger partial charge is 0.138 e. The van der Waals surface area contributed by atoms with Gasteiger partial charge in [0.05, 0.1) is 12.2 Å². The number of aliphatic hydroxyl groups is 2. The summed E-state index contributed by atoms with van der Waals surface area (Å²) in [6.45, 7) is 10.6. The normalized spacial score (nSPS) is 40.8. The summed E-state index contributed by atoms with van der Waals surface area (Å²) in [4.78, 5) is 12.4. The van der Waals surface area contributed by atoms with Crippen molar-refractivity contribution in [3.8, 4) is 0 Å². The fourth-order valence-corrected chi connectivity index (χ4v) is 5.60. The molecule has 0 spiro atoms. The number of hydrogen-bond donors (Lipinski definition) is 2. The molecule has 3 nitrogen and oxygen atoms in total. The van der Waals surface area contributed by atoms with Gasteiger partial charge in [-0.05, 0) is 63.2 Å². The van der Waals surface area contributed by atoms with E-state index in [-0.39, 0.29) is 23.4 Å². The molecule has 0 aromatic rings. The molecule has 2 aliphatic rings. The van der Waals surface area contributed by atoms with Gasteiger partial charge in [0.2, 0.25) is 0 Å². The number of Topliss-reactive ketones (excluding diaryl/α,β-unsaturated/α-hetero) is 1. The lowest BCUT2D eigenvalue weighted by atomic mass is 9.45. The number of ketones is 1. The Hall–Kier alpha value is -0.670. The molecule has 0 saturated heterocycles. The van der Waals surface area contributed by atoms with Crippen molar-refractivity contribution in [2.45, 2.75) is 78.7 Å². The first-order valence-corrected chi connectivity index (χ1v) is 9.08. The summed E-state index contributed by atoms with van der Waals surface area (Å²) in [5, 5.41) is 20.1. The van der Waals surface area contributed by atoms with Crippen molar-refractivity contribution < 1.29 is 15.0 Å². The zero-order valence-electron chi connectivity index (χ0n) is 15.5. The van der Waals surface area contributed by atoms with Crippen LogP contribution in [0.2, 0.25) is 0 Å². The Labute approximate surface area is 141 Å². The number of carbonyl (C=O) groups excluding carboxylic acids is 1. The number of aliphatic hydroxyl groups excluding tert-OH is 1. The van der Waals surface area contributed by atoms with Crippen LogP contribution >= 0.6 is 0 Å². The van der Waals surface area contributed by atoms with Crippen molar-refractivity contribution in [2.75, 3.05) is 6.61 Å². The zero-order valence-corrected chi connectivity index (χ0v) is 15.5. The molecule has 23 heavy (non-hydrogen) atoms. The van der Waals surface area contributed by atoms with Gasteiger partial charge in [0, 0.05) is 11.8 Å². The maximum atomic E-state index is 12.4. The van der Waals surface area contributed by atoms with Crippen molar-refractivity contribution in [3.05, 3.63) is 11.6 Å². The summed E-state index contributed by atoms with van der Waals surface area (Å²) in [6.07, 6.45) is 6.92. The molecule has 0 radical (unpaired) electrons. The topological polar surface area (TPSA) is 57.5 Å². The molecule has 2 saturated carbocycles. The van der Waals surface area contributed by atoms with Crippen LogP contribution in [-0.4, -0.2) is 28.2 Å². The second-order valence-electron chi connectivity index (χ2n) is 8.92. The maximum absolute atomic E-state index is 12.4. The molecule has 2 rings (SSSR count). The monoisotopic (exact) mass is 322 g/mol. The third kappa shape index (κ3) is 3.28. The number of rotatable bonds is 4. The number of carbonyl (C=O) groups is 1. The fraction of sp³-hybridized carbons (Fsp3) is 0.850. The SMILES string of the molecule is CC(=CCO)CCC1C(C)(O)CCC2C(C)(C)C(=O)CCC12C. The van der Waals surface area contributed by atoms with Crippen molar-refractivity contribution in [3.63, 3.8) is 0 Å². The van der Waals surface area contributed by atoms with E-state index < -0.39 is 5.60 Å². The van der Waals surface area contributed by atoms with Crippen molar-refractivity contribution in [2.24, 2.45) is 22.7 Å². The minimum absolute atomic E-state index is 0.0126. The van der Waals surface area contributed by atoms with Crippen molar-refractivity contribution in [1.29, 1.82) is 0 Å². The first kappa shape index (κ1) is 18.7. The summed E-state index contributed by atoms with van der Waals surface area (Å²) in [7, 11) is 0. The third-order valence-electron chi connectivity index (χ3n) is 7.03. The second-order valence-corrected chi connectivity index (χ2v) is 8.92. The van der Waals surface area contributed by atoms with Crippen LogP contribution in [0.15, 0.2) is 11.6 Å². The minimum Gasteiger partial charge on any atom is -0.392 e. The van der Waals surface area contributed by atoms with Gasteiger partial charge in [0.15, 0.2) is 0 Å². The number of hydrogen-bond acceptors (Lipinski definition) is 3. The molecule has 132 valence electrons. The molecular weight excluding hydrogens is 288 g/mol. The van der Waals surface area contributed by atoms with Crippen LogP contribution in [0.3, 0.4) is 0 Å². The van der Waals surface area contributed by atoms with E-state index in [1.807, 2.05) is 19.9 Å². The van der Waals surface area contributed by atoms with Gasteiger partial charge < -0.3 is 10.2 Å². The minimum atomic E-state index is -0.665. The lowest BCUT2D eigenvalue weighted by Crippen LogP contribution is -2.59. The van der Waals surface area contributed by atoms with Gasteiger partial charge >= 0.3 is 0 Å². The Morgan fingerprint density at radius 3 is 2.52 bits per heavy atom. The molecule has 0 aromatic carbocycles. The van der Waals surface area contributed by atoms with Crippen molar-refractivity contribution in [1.82, 2.24) is 0 Å². The predicted molar refractivity (Wildman–Crippen MR) is 93.0 cm³/mol. The highest BCUT2D eigenvalue weighted by Crippen LogP contribution is 2.62. The maximum Gasteiger partial charge on any atom is 0.138 e. The molecule has 2 aliphatic carbocycles. The molecule has 0 aliphatic heterocycles. The summed E-state index contributed by atoms with van der Waals surface area (Å²) in [6, 6.07) is 0. The van der Waals surface area contributed by atoms with Crippen LogP contribution in [0.5, 0.6) is 0 Å². The lowest BCUT2D eigenvalue weighted by molar-refractivity contribution is -0.177. The van der Waals surface area contributed by atoms with Gasteiger partial charge in [0.25, 0.3) is 0 Å². The van der Waals surface area contributed by atoms with Crippen LogP contribution in [0, 0.1) is 22.7 Å². The van der Waals surface area contributed by atoms with E-state index in [1.54, 1.807) is 0 Å². The van der Waals surface area contributed by atoms with Crippen LogP contribution in [0.1, 0.15) is 73.1 Å². The molecule has 3 heteroatoms. The highest BCUT2D eigenvalue weighted by Gasteiger charge is 2.59. The molecule has 0 aromatic heterocycles. The van der Waals surface area contributed by atoms with E-state index in [4.69, 9.17) is 5.11 Å². The van der Waals surface area contributed by atoms with Crippen LogP contribution < -0.4 is 0 Å². The second kappa shape index (κ2) is 6.33. The van der Waals surface area contributed by atoms with E-state index >= 15 is 0 Å². The highest BCUT2D eigenvalue weighted by molar-refractivity contribution is 5.85. The first-order chi connectivity index (χ1) is 10.6. The summed E-state index contributed by atoms with van der Waals surface area (Å²) >= 11 is 0. The van der Waals surface area contributed by atoms with E-state index in [2.05, 4.69) is 20.8 Å². The Morgan fingerprint density at radius 2 is 1.91 bits per heavy atom. The van der Waals surface area contributed by atoms with Crippen LogP contribution in [0.4, 0.5) is 0 Å². The molecule has 4 unspecified atom stereocenters. The Balaban J connectivity index is 2.29. The average Bonchev–Trinajstić information content (AvgIpc) is 2.42. The van der Waals surface area contributed by atoms with Gasteiger partial charge in [-0.1, -0.05) is 32.4 Å². The lowest BCUT2D eigenvalue weighted by Gasteiger charge is -2.60. The average molecular weight is 322 g/mol. The quantitative estimate of drug-likeness (QED) is 0.772. The van der Waals surface area contributed by atoms with E-state index in [0.717, 1.165) is 32.1 Å². The Kier molecular flexibility index (Phi) is 5.13. The third-order valence-corrected chi connectivity index (χ3v) is 7.03. The van der Waals surface area contributed by atoms with E-state index in [1.165, 1.54) is 5.57 Å². The highest BCUT2D eigenvalue weighted by atomic mass is 16.3.